The van der Waals surface area contributed by atoms with Crippen LogP contribution in [-0.4, -0.2) is 5.11 Å². The van der Waals surface area contributed by atoms with Gasteiger partial charge in [0.15, 0.2) is 0 Å². The first-order valence-corrected chi connectivity index (χ1v) is 8.45. The molecule has 2 aromatic rings. The van der Waals surface area contributed by atoms with E-state index in [1.165, 1.54) is 5.56 Å². The number of anilines is 2. The fourth-order valence-corrected chi connectivity index (χ4v) is 2.66. The fraction of sp³-hybridized carbons (Fsp3) is 0.429. The lowest BCUT2D eigenvalue weighted by molar-refractivity contribution is 0.446. The molecule has 0 fully saturated rings. The largest absolute Gasteiger partial charge is 0.505 e. The van der Waals surface area contributed by atoms with Crippen molar-refractivity contribution in [3.63, 3.8) is 0 Å². The minimum Gasteiger partial charge on any atom is -0.505 e. The van der Waals surface area contributed by atoms with E-state index >= 15 is 0 Å². The normalized spacial score (nSPS) is 12.2. The lowest BCUT2D eigenvalue weighted by Crippen LogP contribution is -2.17. The Bertz CT molecular complexity index is 722. The molecule has 0 aliphatic heterocycles. The van der Waals surface area contributed by atoms with Crippen LogP contribution < -0.4 is 11.1 Å². The van der Waals surface area contributed by atoms with E-state index in [9.17, 15) is 5.11 Å². The predicted octanol–water partition coefficient (Wildman–Crippen LogP) is 5.18. The lowest BCUT2D eigenvalue weighted by Gasteiger charge is -2.27. The molecular formula is C21H30N2O. The van der Waals surface area contributed by atoms with E-state index in [2.05, 4.69) is 52.9 Å². The van der Waals surface area contributed by atoms with Crippen molar-refractivity contribution in [1.29, 1.82) is 0 Å². The van der Waals surface area contributed by atoms with Gasteiger partial charge in [0.05, 0.1) is 5.69 Å². The molecule has 0 aromatic heterocycles. The molecule has 3 heteroatoms. The molecule has 0 aliphatic rings. The highest BCUT2D eigenvalue weighted by Crippen LogP contribution is 2.40. The molecule has 0 amide bonds. The van der Waals surface area contributed by atoms with Gasteiger partial charge in [-0.25, -0.2) is 0 Å². The zero-order valence-corrected chi connectivity index (χ0v) is 15.7. The highest BCUT2D eigenvalue weighted by atomic mass is 16.3. The van der Waals surface area contributed by atoms with E-state index in [4.69, 9.17) is 5.73 Å². The van der Waals surface area contributed by atoms with Crippen molar-refractivity contribution in [2.75, 3.05) is 11.1 Å². The maximum Gasteiger partial charge on any atom is 0.142 e. The summed E-state index contributed by atoms with van der Waals surface area (Å²) < 4.78 is 0. The van der Waals surface area contributed by atoms with Gasteiger partial charge in [0.25, 0.3) is 0 Å². The average molecular weight is 326 g/mol. The van der Waals surface area contributed by atoms with Gasteiger partial charge < -0.3 is 16.2 Å². The van der Waals surface area contributed by atoms with Crippen LogP contribution in [0.25, 0.3) is 0 Å². The number of rotatable bonds is 3. The van der Waals surface area contributed by atoms with Gasteiger partial charge in [-0.15, -0.1) is 0 Å². The Morgan fingerprint density at radius 3 is 2.12 bits per heavy atom. The maximum absolute atomic E-state index is 10.8. The predicted molar refractivity (Wildman–Crippen MR) is 104 cm³/mol. The molecule has 2 aromatic carbocycles. The van der Waals surface area contributed by atoms with E-state index in [0.717, 1.165) is 22.5 Å². The Morgan fingerprint density at radius 1 is 0.958 bits per heavy atom. The minimum absolute atomic E-state index is 0.00983. The van der Waals surface area contributed by atoms with Crippen molar-refractivity contribution < 1.29 is 5.11 Å². The number of hydrogen-bond donors (Lipinski definition) is 3. The SMILES string of the molecule is CC(C)(C)c1cc(NCc2ccccc2N)c(O)c(C(C)(C)C)c1. The smallest absolute Gasteiger partial charge is 0.142 e. The van der Waals surface area contributed by atoms with Crippen LogP contribution in [-0.2, 0) is 17.4 Å². The molecule has 0 heterocycles. The maximum atomic E-state index is 10.8. The second kappa shape index (κ2) is 6.39. The zero-order chi connectivity index (χ0) is 18.1. The Kier molecular flexibility index (Phi) is 4.84. The molecule has 0 aliphatic carbocycles. The third kappa shape index (κ3) is 4.02. The van der Waals surface area contributed by atoms with E-state index in [1.54, 1.807) is 0 Å². The molecular weight excluding hydrogens is 296 g/mol. The minimum atomic E-state index is -0.131. The number of nitrogens with two attached hydrogens (primary N) is 1. The van der Waals surface area contributed by atoms with Crippen LogP contribution in [0.3, 0.4) is 0 Å². The van der Waals surface area contributed by atoms with E-state index < -0.39 is 0 Å². The number of phenols is 1. The van der Waals surface area contributed by atoms with Gasteiger partial charge >= 0.3 is 0 Å². The van der Waals surface area contributed by atoms with Crippen molar-refractivity contribution in [3.05, 3.63) is 53.1 Å². The highest BCUT2D eigenvalue weighted by Gasteiger charge is 2.24. The Morgan fingerprint density at radius 2 is 1.58 bits per heavy atom. The summed E-state index contributed by atoms with van der Waals surface area (Å²) in [4.78, 5) is 0. The monoisotopic (exact) mass is 326 g/mol. The van der Waals surface area contributed by atoms with Gasteiger partial charge in [0.1, 0.15) is 5.75 Å². The van der Waals surface area contributed by atoms with Gasteiger partial charge in [0, 0.05) is 17.8 Å². The van der Waals surface area contributed by atoms with Crippen LogP contribution >= 0.6 is 0 Å². The first-order chi connectivity index (χ1) is 11.0. The quantitative estimate of drug-likeness (QED) is 0.538. The summed E-state index contributed by atoms with van der Waals surface area (Å²) in [5.41, 5.74) is 10.6. The van der Waals surface area contributed by atoms with Crippen molar-refractivity contribution in [1.82, 2.24) is 0 Å². The van der Waals surface area contributed by atoms with E-state index in [0.29, 0.717) is 12.3 Å². The van der Waals surface area contributed by atoms with Gasteiger partial charge in [0.2, 0.25) is 0 Å². The van der Waals surface area contributed by atoms with Crippen LogP contribution in [0.15, 0.2) is 36.4 Å². The molecule has 0 saturated carbocycles. The lowest BCUT2D eigenvalue weighted by atomic mass is 9.79. The van der Waals surface area contributed by atoms with Gasteiger partial charge in [-0.1, -0.05) is 65.8 Å². The molecule has 24 heavy (non-hydrogen) atoms. The summed E-state index contributed by atoms with van der Waals surface area (Å²) in [5.74, 6) is 0.324. The van der Waals surface area contributed by atoms with Crippen LogP contribution in [0.5, 0.6) is 5.75 Å². The first kappa shape index (κ1) is 18.2. The molecule has 3 nitrogen and oxygen atoms in total. The number of nitrogen functional groups attached to an aromatic ring is 1. The number of benzene rings is 2. The summed E-state index contributed by atoms with van der Waals surface area (Å²) in [6.45, 7) is 13.5. The number of nitrogens with one attached hydrogen (secondary N) is 1. The first-order valence-electron chi connectivity index (χ1n) is 8.45. The molecule has 0 radical (unpaired) electrons. The van der Waals surface area contributed by atoms with Crippen LogP contribution in [0.1, 0.15) is 58.2 Å². The molecule has 130 valence electrons. The average Bonchev–Trinajstić information content (AvgIpc) is 2.45. The van der Waals surface area contributed by atoms with E-state index in [1.807, 2.05) is 30.3 Å². The van der Waals surface area contributed by atoms with Gasteiger partial charge in [-0.05, 0) is 34.1 Å². The number of phenolic OH excluding ortho intramolecular Hbond substituents is 1. The second-order valence-electron chi connectivity index (χ2n) is 8.47. The Balaban J connectivity index is 2.43. The Labute approximate surface area is 145 Å². The molecule has 4 N–H and O–H groups in total. The number of para-hydroxylation sites is 1. The number of aromatic hydroxyl groups is 1. The Hall–Kier alpha value is -2.16. The van der Waals surface area contributed by atoms with Crippen molar-refractivity contribution in [3.8, 4) is 5.75 Å². The summed E-state index contributed by atoms with van der Waals surface area (Å²) in [6, 6.07) is 12.0. The third-order valence-electron chi connectivity index (χ3n) is 4.31. The third-order valence-corrected chi connectivity index (χ3v) is 4.31. The fourth-order valence-electron chi connectivity index (χ4n) is 2.66. The summed E-state index contributed by atoms with van der Waals surface area (Å²) in [6.07, 6.45) is 0. The number of hydrogen-bond acceptors (Lipinski definition) is 3. The van der Waals surface area contributed by atoms with Crippen molar-refractivity contribution >= 4 is 11.4 Å². The highest BCUT2D eigenvalue weighted by molar-refractivity contribution is 5.64. The second-order valence-corrected chi connectivity index (χ2v) is 8.47. The van der Waals surface area contributed by atoms with Crippen LogP contribution in [0, 0.1) is 0 Å². The molecule has 0 unspecified atom stereocenters. The molecule has 0 bridgehead atoms. The molecule has 0 atom stereocenters. The van der Waals surface area contributed by atoms with Crippen molar-refractivity contribution in [2.24, 2.45) is 0 Å². The molecule has 0 saturated heterocycles. The summed E-state index contributed by atoms with van der Waals surface area (Å²) >= 11 is 0. The van der Waals surface area contributed by atoms with E-state index in [-0.39, 0.29) is 10.8 Å². The summed E-state index contributed by atoms with van der Waals surface area (Å²) in [5, 5.41) is 14.1. The molecule has 0 spiro atoms. The summed E-state index contributed by atoms with van der Waals surface area (Å²) in [7, 11) is 0. The van der Waals surface area contributed by atoms with Gasteiger partial charge in [-0.3, -0.25) is 0 Å². The molecule has 2 rings (SSSR count). The van der Waals surface area contributed by atoms with Crippen molar-refractivity contribution in [2.45, 2.75) is 58.9 Å². The van der Waals surface area contributed by atoms with Crippen LogP contribution in [0.4, 0.5) is 11.4 Å². The van der Waals surface area contributed by atoms with Crippen LogP contribution in [0.2, 0.25) is 0 Å². The zero-order valence-electron chi connectivity index (χ0n) is 15.7. The van der Waals surface area contributed by atoms with Gasteiger partial charge in [-0.2, -0.15) is 0 Å². The topological polar surface area (TPSA) is 58.3 Å². The standard InChI is InChI=1S/C21H30N2O/c1-20(2,3)15-11-16(21(4,5)6)19(24)18(12-15)23-13-14-9-7-8-10-17(14)22/h7-12,23-24H,13,22H2,1-6H3.